The fourth-order valence-electron chi connectivity index (χ4n) is 3.44. The van der Waals surface area contributed by atoms with Crippen molar-refractivity contribution in [2.24, 2.45) is 5.92 Å². The number of halogens is 1. The summed E-state index contributed by atoms with van der Waals surface area (Å²) in [7, 11) is 1.65. The molecule has 1 aliphatic rings. The molecule has 3 rings (SSSR count). The van der Waals surface area contributed by atoms with Gasteiger partial charge in [-0.05, 0) is 56.0 Å². The standard InChI is InChI=1S/C21H23FN4O2S/c1-13-6-7-16-17(10-23)21(29-18(16)8-13)25-20(28)12-26(2)11-19(27)24-15-5-3-4-14(22)9-15/h3-5,9,13H,6-8,11-12H2,1-2H3,(H,24,27)(H,25,28)/t13-/m1/s1. The maximum absolute atomic E-state index is 13.2. The van der Waals surface area contributed by atoms with Crippen molar-refractivity contribution in [3.05, 3.63) is 46.1 Å². The second-order valence-electron chi connectivity index (χ2n) is 7.45. The number of rotatable bonds is 6. The number of benzene rings is 1. The molecule has 2 amide bonds. The molecule has 1 aromatic carbocycles. The molecule has 152 valence electrons. The Hall–Kier alpha value is -2.76. The van der Waals surface area contributed by atoms with Crippen LogP contribution in [0, 0.1) is 23.1 Å². The van der Waals surface area contributed by atoms with Gasteiger partial charge in [0.2, 0.25) is 11.8 Å². The van der Waals surface area contributed by atoms with Gasteiger partial charge in [-0.1, -0.05) is 13.0 Å². The van der Waals surface area contributed by atoms with Crippen molar-refractivity contribution < 1.29 is 14.0 Å². The van der Waals surface area contributed by atoms with E-state index in [2.05, 4.69) is 23.6 Å². The Morgan fingerprint density at radius 3 is 2.72 bits per heavy atom. The maximum Gasteiger partial charge on any atom is 0.239 e. The smallest absolute Gasteiger partial charge is 0.239 e. The number of anilines is 2. The fraction of sp³-hybridized carbons (Fsp3) is 0.381. The Morgan fingerprint density at radius 1 is 1.31 bits per heavy atom. The molecule has 8 heteroatoms. The van der Waals surface area contributed by atoms with Crippen molar-refractivity contribution in [3.63, 3.8) is 0 Å². The molecule has 1 aromatic heterocycles. The molecule has 6 nitrogen and oxygen atoms in total. The van der Waals surface area contributed by atoms with Crippen LogP contribution in [0.4, 0.5) is 15.1 Å². The van der Waals surface area contributed by atoms with Gasteiger partial charge in [-0.15, -0.1) is 11.3 Å². The summed E-state index contributed by atoms with van der Waals surface area (Å²) < 4.78 is 13.2. The highest BCUT2D eigenvalue weighted by atomic mass is 32.1. The second-order valence-corrected chi connectivity index (χ2v) is 8.55. The van der Waals surface area contributed by atoms with Gasteiger partial charge >= 0.3 is 0 Å². The van der Waals surface area contributed by atoms with E-state index in [1.807, 2.05) is 0 Å². The predicted molar refractivity (Wildman–Crippen MR) is 111 cm³/mol. The molecule has 0 bridgehead atoms. The molecule has 1 atom stereocenters. The van der Waals surface area contributed by atoms with Crippen LogP contribution >= 0.6 is 11.3 Å². The van der Waals surface area contributed by atoms with Crippen molar-refractivity contribution in [1.29, 1.82) is 5.26 Å². The molecule has 2 aromatic rings. The van der Waals surface area contributed by atoms with Crippen LogP contribution in [0.15, 0.2) is 24.3 Å². The van der Waals surface area contributed by atoms with E-state index in [0.29, 0.717) is 22.2 Å². The summed E-state index contributed by atoms with van der Waals surface area (Å²) in [5.41, 5.74) is 2.00. The average molecular weight is 415 g/mol. The summed E-state index contributed by atoms with van der Waals surface area (Å²) in [6, 6.07) is 7.86. The maximum atomic E-state index is 13.2. The lowest BCUT2D eigenvalue weighted by Gasteiger charge is -2.17. The number of hydrogen-bond acceptors (Lipinski definition) is 5. The lowest BCUT2D eigenvalue weighted by Crippen LogP contribution is -2.36. The topological polar surface area (TPSA) is 85.2 Å². The van der Waals surface area contributed by atoms with Gasteiger partial charge < -0.3 is 10.6 Å². The van der Waals surface area contributed by atoms with E-state index in [-0.39, 0.29) is 24.9 Å². The largest absolute Gasteiger partial charge is 0.325 e. The molecular weight excluding hydrogens is 391 g/mol. The van der Waals surface area contributed by atoms with Crippen molar-refractivity contribution in [2.75, 3.05) is 30.8 Å². The molecule has 0 fully saturated rings. The number of nitrogens with one attached hydrogen (secondary N) is 2. The molecule has 0 aliphatic heterocycles. The van der Waals surface area contributed by atoms with Crippen LogP contribution in [0.1, 0.15) is 29.3 Å². The highest BCUT2D eigenvalue weighted by molar-refractivity contribution is 7.16. The molecule has 0 unspecified atom stereocenters. The molecule has 0 saturated heterocycles. The zero-order chi connectivity index (χ0) is 21.0. The van der Waals surface area contributed by atoms with E-state index in [4.69, 9.17) is 0 Å². The number of nitriles is 1. The van der Waals surface area contributed by atoms with E-state index in [1.165, 1.54) is 34.4 Å². The van der Waals surface area contributed by atoms with Crippen LogP contribution in [0.25, 0.3) is 0 Å². The van der Waals surface area contributed by atoms with Crippen LogP contribution < -0.4 is 10.6 Å². The lowest BCUT2D eigenvalue weighted by atomic mass is 9.89. The molecule has 1 aliphatic carbocycles. The van der Waals surface area contributed by atoms with Crippen LogP contribution in [-0.4, -0.2) is 36.9 Å². The molecule has 0 saturated carbocycles. The first-order chi connectivity index (χ1) is 13.9. The Kier molecular flexibility index (Phi) is 6.62. The monoisotopic (exact) mass is 414 g/mol. The summed E-state index contributed by atoms with van der Waals surface area (Å²) in [4.78, 5) is 27.2. The van der Waals surface area contributed by atoms with Crippen molar-refractivity contribution >= 4 is 33.8 Å². The Balaban J connectivity index is 1.55. The molecule has 29 heavy (non-hydrogen) atoms. The van der Waals surface area contributed by atoms with E-state index >= 15 is 0 Å². The number of thiophene rings is 1. The third kappa shape index (κ3) is 5.40. The highest BCUT2D eigenvalue weighted by Crippen LogP contribution is 2.39. The summed E-state index contributed by atoms with van der Waals surface area (Å²) in [5, 5.41) is 15.5. The summed E-state index contributed by atoms with van der Waals surface area (Å²) in [6.07, 6.45) is 2.85. The van der Waals surface area contributed by atoms with Gasteiger partial charge in [0.05, 0.1) is 18.7 Å². The van der Waals surface area contributed by atoms with Crippen LogP contribution in [0.2, 0.25) is 0 Å². The van der Waals surface area contributed by atoms with E-state index in [9.17, 15) is 19.2 Å². The van der Waals surface area contributed by atoms with Gasteiger partial charge in [0.1, 0.15) is 16.9 Å². The number of fused-ring (bicyclic) bond motifs is 1. The van der Waals surface area contributed by atoms with Gasteiger partial charge in [0.25, 0.3) is 0 Å². The van der Waals surface area contributed by atoms with Gasteiger partial charge in [0.15, 0.2) is 0 Å². The number of carbonyl (C=O) groups is 2. The molecule has 2 N–H and O–H groups in total. The Bertz CT molecular complexity index is 966. The third-order valence-corrected chi connectivity index (χ3v) is 5.98. The minimum Gasteiger partial charge on any atom is -0.325 e. The van der Waals surface area contributed by atoms with Crippen molar-refractivity contribution in [3.8, 4) is 6.07 Å². The molecule has 0 radical (unpaired) electrons. The Labute approximate surface area is 173 Å². The van der Waals surface area contributed by atoms with E-state index in [0.717, 1.165) is 24.8 Å². The predicted octanol–water partition coefficient (Wildman–Crippen LogP) is 3.39. The molecule has 1 heterocycles. The first-order valence-electron chi connectivity index (χ1n) is 9.44. The summed E-state index contributed by atoms with van der Waals surface area (Å²) in [5.74, 6) is -0.478. The number of nitrogens with zero attached hydrogens (tertiary/aromatic N) is 2. The van der Waals surface area contributed by atoms with E-state index < -0.39 is 5.82 Å². The molecular formula is C21H23FN4O2S. The van der Waals surface area contributed by atoms with Gasteiger partial charge in [-0.25, -0.2) is 4.39 Å². The molecule has 0 spiro atoms. The van der Waals surface area contributed by atoms with Gasteiger partial charge in [-0.3, -0.25) is 14.5 Å². The Morgan fingerprint density at radius 2 is 2.03 bits per heavy atom. The minimum absolute atomic E-state index is 0.000406. The zero-order valence-electron chi connectivity index (χ0n) is 16.4. The zero-order valence-corrected chi connectivity index (χ0v) is 17.2. The highest BCUT2D eigenvalue weighted by Gasteiger charge is 2.25. The van der Waals surface area contributed by atoms with Crippen molar-refractivity contribution in [1.82, 2.24) is 4.90 Å². The average Bonchev–Trinajstić information content (AvgIpc) is 2.96. The summed E-state index contributed by atoms with van der Waals surface area (Å²) in [6.45, 7) is 2.17. The van der Waals surface area contributed by atoms with Crippen LogP contribution in [0.5, 0.6) is 0 Å². The van der Waals surface area contributed by atoms with Crippen molar-refractivity contribution in [2.45, 2.75) is 26.2 Å². The second kappa shape index (κ2) is 9.16. The number of amides is 2. The first kappa shape index (κ1) is 21.0. The first-order valence-corrected chi connectivity index (χ1v) is 10.3. The lowest BCUT2D eigenvalue weighted by molar-refractivity contribution is -0.119. The normalized spacial score (nSPS) is 15.5. The fourth-order valence-corrected chi connectivity index (χ4v) is 4.81. The summed E-state index contributed by atoms with van der Waals surface area (Å²) >= 11 is 1.47. The van der Waals surface area contributed by atoms with E-state index in [1.54, 1.807) is 18.0 Å². The van der Waals surface area contributed by atoms with Crippen LogP contribution in [-0.2, 0) is 22.4 Å². The van der Waals surface area contributed by atoms with Crippen LogP contribution in [0.3, 0.4) is 0 Å². The number of hydrogen-bond donors (Lipinski definition) is 2. The third-order valence-electron chi connectivity index (χ3n) is 4.81. The quantitative estimate of drug-likeness (QED) is 0.759. The SMILES string of the molecule is C[C@@H]1CCc2c(sc(NC(=O)CN(C)CC(=O)Nc3cccc(F)c3)c2C#N)C1. The van der Waals surface area contributed by atoms with Gasteiger partial charge in [-0.2, -0.15) is 5.26 Å². The number of carbonyl (C=O) groups excluding carboxylic acids is 2. The minimum atomic E-state index is -0.433. The van der Waals surface area contributed by atoms with Gasteiger partial charge in [0, 0.05) is 10.6 Å². The number of likely N-dealkylation sites (N-methyl/N-ethyl adjacent to an activating group) is 1.